The molecule has 3 amide bonds. The van der Waals surface area contributed by atoms with Crippen molar-refractivity contribution in [2.75, 3.05) is 13.1 Å². The van der Waals surface area contributed by atoms with E-state index in [0.717, 1.165) is 24.8 Å². The second-order valence-electron chi connectivity index (χ2n) is 10.8. The molecule has 3 aliphatic rings. The van der Waals surface area contributed by atoms with Crippen molar-refractivity contribution in [3.8, 4) is 0 Å². The summed E-state index contributed by atoms with van der Waals surface area (Å²) in [5, 5.41) is 3.56. The first-order chi connectivity index (χ1) is 19.2. The van der Waals surface area contributed by atoms with Gasteiger partial charge in [0.15, 0.2) is 0 Å². The van der Waals surface area contributed by atoms with Gasteiger partial charge in [-0.1, -0.05) is 6.07 Å². The predicted octanol–water partition coefficient (Wildman–Crippen LogP) is 2.64. The van der Waals surface area contributed by atoms with Gasteiger partial charge in [-0.3, -0.25) is 28.9 Å². The summed E-state index contributed by atoms with van der Waals surface area (Å²) in [7, 11) is -4.27. The molecule has 6 rings (SSSR count). The van der Waals surface area contributed by atoms with Gasteiger partial charge in [0.2, 0.25) is 11.8 Å². The van der Waals surface area contributed by atoms with Crippen LogP contribution in [-0.4, -0.2) is 78.5 Å². The summed E-state index contributed by atoms with van der Waals surface area (Å²) in [6.07, 6.45) is 8.07. The smallest absolute Gasteiger partial charge is 0.331 e. The third-order valence-corrected chi connectivity index (χ3v) is 9.90. The number of carbonyl (C=O) groups excluding carboxylic acids is 3. The van der Waals surface area contributed by atoms with Crippen LogP contribution in [0.2, 0.25) is 0 Å². The van der Waals surface area contributed by atoms with E-state index in [4.69, 9.17) is 0 Å². The summed E-state index contributed by atoms with van der Waals surface area (Å²) in [5.74, 6) is -0.362. The maximum absolute atomic E-state index is 13.7. The molecule has 3 aliphatic heterocycles. The molecule has 40 heavy (non-hydrogen) atoms. The Labute approximate surface area is 234 Å². The van der Waals surface area contributed by atoms with Crippen LogP contribution in [0.1, 0.15) is 59.0 Å². The fraction of sp³-hybridized carbons (Fsp3) is 0.444. The molecule has 3 fully saturated rings. The first-order valence-electron chi connectivity index (χ1n) is 13.4. The number of carbonyl (C=O) groups is 3. The van der Waals surface area contributed by atoms with Gasteiger partial charge in [-0.2, -0.15) is 0 Å². The van der Waals surface area contributed by atoms with Crippen molar-refractivity contribution in [1.29, 1.82) is 0 Å². The zero-order valence-corrected chi connectivity index (χ0v) is 23.4. The summed E-state index contributed by atoms with van der Waals surface area (Å²) in [6, 6.07) is 5.90. The fourth-order valence-electron chi connectivity index (χ4n) is 6.06. The molecule has 3 atom stereocenters. The number of amides is 3. The molecule has 0 unspecified atom stereocenters. The Bertz CT molecular complexity index is 1500. The largest absolute Gasteiger partial charge is 0.340 e. The van der Waals surface area contributed by atoms with E-state index in [1.165, 1.54) is 17.5 Å². The maximum atomic E-state index is 13.7. The molecule has 210 valence electrons. The van der Waals surface area contributed by atoms with E-state index in [1.807, 2.05) is 23.2 Å². The molecule has 3 aromatic rings. The second-order valence-corrected chi connectivity index (χ2v) is 13.6. The minimum Gasteiger partial charge on any atom is -0.340 e. The zero-order valence-electron chi connectivity index (χ0n) is 21.7. The Morgan fingerprint density at radius 1 is 1.12 bits per heavy atom. The molecular weight excluding hydrogens is 553 g/mol. The van der Waals surface area contributed by atoms with Gasteiger partial charge in [0.05, 0.1) is 21.4 Å². The van der Waals surface area contributed by atoms with Crippen molar-refractivity contribution in [3.63, 3.8) is 0 Å². The van der Waals surface area contributed by atoms with Gasteiger partial charge < -0.3 is 24.9 Å². The highest BCUT2D eigenvalue weighted by Crippen LogP contribution is 2.39. The standard InChI is InChI=1S/C27H30N5O6PS/c33-25(23-10-17-9-19(15-39(36,37)38)29-12-24(17)40-23)30-21-5-1-4-20-6-7-22(32(20)26(21)34)27(35)31-13-18(14-31)16-3-2-8-28-11-16/h2-3,8-12,18,20-22H,1,4-7,13-15H2,(H,30,33)(H2,36,37,38)/t20-,21-,22-/m0/s1. The number of rotatable bonds is 6. The van der Waals surface area contributed by atoms with Crippen molar-refractivity contribution in [2.24, 2.45) is 0 Å². The Kier molecular flexibility index (Phi) is 7.20. The Morgan fingerprint density at radius 2 is 1.95 bits per heavy atom. The number of nitrogens with zero attached hydrogens (tertiary/aromatic N) is 4. The summed E-state index contributed by atoms with van der Waals surface area (Å²) in [6.45, 7) is 1.23. The molecule has 3 aromatic heterocycles. The monoisotopic (exact) mass is 583 g/mol. The minimum atomic E-state index is -4.27. The Morgan fingerprint density at radius 3 is 2.70 bits per heavy atom. The quantitative estimate of drug-likeness (QED) is 0.375. The minimum absolute atomic E-state index is 0.00148. The van der Waals surface area contributed by atoms with E-state index < -0.39 is 31.7 Å². The van der Waals surface area contributed by atoms with Crippen LogP contribution in [0.15, 0.2) is 42.9 Å². The number of hydrogen-bond acceptors (Lipinski definition) is 7. The molecule has 6 heterocycles. The SMILES string of the molecule is O=C(N[C@H]1CCC[C@H]2CC[C@@H](C(=O)N3CC(c4cccnc4)C3)N2C1=O)c1cc2cc(CP(=O)(O)O)ncc2s1. The summed E-state index contributed by atoms with van der Waals surface area (Å²) in [4.78, 5) is 71.1. The summed E-state index contributed by atoms with van der Waals surface area (Å²) >= 11 is 1.21. The first-order valence-corrected chi connectivity index (χ1v) is 16.0. The average molecular weight is 584 g/mol. The van der Waals surface area contributed by atoms with E-state index in [2.05, 4.69) is 15.3 Å². The van der Waals surface area contributed by atoms with Crippen LogP contribution in [0.4, 0.5) is 0 Å². The molecule has 0 aliphatic carbocycles. The van der Waals surface area contributed by atoms with Crippen molar-refractivity contribution >= 4 is 46.7 Å². The lowest BCUT2D eigenvalue weighted by atomic mass is 9.92. The van der Waals surface area contributed by atoms with Crippen LogP contribution < -0.4 is 5.32 Å². The van der Waals surface area contributed by atoms with Crippen LogP contribution in [0, 0.1) is 0 Å². The van der Waals surface area contributed by atoms with E-state index in [0.29, 0.717) is 40.9 Å². The topological polar surface area (TPSA) is 153 Å². The summed E-state index contributed by atoms with van der Waals surface area (Å²) in [5.41, 5.74) is 1.36. The number of hydrogen-bond donors (Lipinski definition) is 3. The van der Waals surface area contributed by atoms with Crippen molar-refractivity contribution in [3.05, 3.63) is 59.0 Å². The summed E-state index contributed by atoms with van der Waals surface area (Å²) < 4.78 is 12.0. The van der Waals surface area contributed by atoms with Gasteiger partial charge in [-0.15, -0.1) is 11.3 Å². The lowest BCUT2D eigenvalue weighted by Crippen LogP contribution is -2.58. The lowest BCUT2D eigenvalue weighted by molar-refractivity contribution is -0.148. The van der Waals surface area contributed by atoms with Crippen LogP contribution in [-0.2, 0) is 20.3 Å². The molecule has 11 nitrogen and oxygen atoms in total. The molecule has 0 aromatic carbocycles. The number of pyridine rings is 2. The van der Waals surface area contributed by atoms with E-state index >= 15 is 0 Å². The van der Waals surface area contributed by atoms with Crippen molar-refractivity contribution in [1.82, 2.24) is 25.1 Å². The normalized spacial score (nSPS) is 23.6. The van der Waals surface area contributed by atoms with Crippen LogP contribution in [0.5, 0.6) is 0 Å². The zero-order chi connectivity index (χ0) is 28.0. The number of thiophene rings is 1. The third kappa shape index (κ3) is 5.41. The van der Waals surface area contributed by atoms with Crippen LogP contribution >= 0.6 is 18.9 Å². The van der Waals surface area contributed by atoms with Gasteiger partial charge in [-0.05, 0) is 61.3 Å². The van der Waals surface area contributed by atoms with E-state index in [-0.39, 0.29) is 29.5 Å². The number of aromatic nitrogens is 2. The molecule has 3 saturated heterocycles. The van der Waals surface area contributed by atoms with Gasteiger partial charge in [0.25, 0.3) is 5.91 Å². The number of nitrogens with one attached hydrogen (secondary N) is 1. The maximum Gasteiger partial charge on any atom is 0.331 e. The highest BCUT2D eigenvalue weighted by atomic mass is 32.1. The number of fused-ring (bicyclic) bond motifs is 2. The molecule has 0 bridgehead atoms. The molecule has 13 heteroatoms. The molecular formula is C27H30N5O6PS. The van der Waals surface area contributed by atoms with Crippen LogP contribution in [0.3, 0.4) is 0 Å². The Balaban J connectivity index is 1.13. The third-order valence-electron chi connectivity index (χ3n) is 8.08. The lowest BCUT2D eigenvalue weighted by Gasteiger charge is -2.42. The second kappa shape index (κ2) is 10.7. The van der Waals surface area contributed by atoms with Crippen molar-refractivity contribution in [2.45, 2.75) is 62.3 Å². The molecule has 0 spiro atoms. The van der Waals surface area contributed by atoms with Crippen molar-refractivity contribution < 1.29 is 28.7 Å². The molecule has 0 saturated carbocycles. The van der Waals surface area contributed by atoms with Gasteiger partial charge >= 0.3 is 7.60 Å². The molecule has 0 radical (unpaired) electrons. The van der Waals surface area contributed by atoms with Gasteiger partial charge in [0, 0.05) is 43.6 Å². The van der Waals surface area contributed by atoms with Gasteiger partial charge in [0.1, 0.15) is 12.1 Å². The molecule has 3 N–H and O–H groups in total. The van der Waals surface area contributed by atoms with E-state index in [9.17, 15) is 28.7 Å². The number of likely N-dealkylation sites (tertiary alicyclic amines) is 1. The highest BCUT2D eigenvalue weighted by Gasteiger charge is 2.47. The fourth-order valence-corrected chi connectivity index (χ4v) is 7.58. The first kappa shape index (κ1) is 27.0. The average Bonchev–Trinajstić information content (AvgIpc) is 3.47. The predicted molar refractivity (Wildman–Crippen MR) is 148 cm³/mol. The van der Waals surface area contributed by atoms with Crippen LogP contribution in [0.25, 0.3) is 10.1 Å². The van der Waals surface area contributed by atoms with E-state index in [1.54, 1.807) is 23.2 Å². The van der Waals surface area contributed by atoms with Gasteiger partial charge in [-0.25, -0.2) is 0 Å². The highest BCUT2D eigenvalue weighted by molar-refractivity contribution is 7.50. The Hall–Kier alpha value is -3.18.